The molecule has 0 heterocycles. The number of ether oxygens (including phenoxy) is 2. The minimum absolute atomic E-state index is 0.375. The van der Waals surface area contributed by atoms with Crippen molar-refractivity contribution in [2.24, 2.45) is 5.73 Å². The van der Waals surface area contributed by atoms with E-state index in [0.29, 0.717) is 42.1 Å². The Morgan fingerprint density at radius 3 is 2.56 bits per heavy atom. The summed E-state index contributed by atoms with van der Waals surface area (Å²) in [5.74, 6) is 0.153. The zero-order valence-electron chi connectivity index (χ0n) is 16.7. The molecule has 1 aliphatic rings. The van der Waals surface area contributed by atoms with E-state index in [1.165, 1.54) is 18.1 Å². The lowest BCUT2D eigenvalue weighted by Crippen LogP contribution is -2.29. The summed E-state index contributed by atoms with van der Waals surface area (Å²) < 4.78 is 25.1. The Kier molecular flexibility index (Phi) is 9.30. The van der Waals surface area contributed by atoms with Crippen LogP contribution < -0.4 is 10.5 Å². The molecule has 1 aromatic rings. The molecule has 148 valence electrons. The lowest BCUT2D eigenvalue weighted by molar-refractivity contribution is 0.139. The number of hydrogen-bond donors (Lipinski definition) is 1. The third-order valence-corrected chi connectivity index (χ3v) is 4.02. The van der Waals surface area contributed by atoms with E-state index >= 15 is 0 Å². The molecule has 1 aliphatic carbocycles. The first-order chi connectivity index (χ1) is 13.0. The van der Waals surface area contributed by atoms with Crippen molar-refractivity contribution >= 4 is 11.7 Å². The number of methoxy groups -OCH3 is 2. The van der Waals surface area contributed by atoms with Crippen LogP contribution in [0.25, 0.3) is 5.57 Å². The van der Waals surface area contributed by atoms with Crippen molar-refractivity contribution in [2.45, 2.75) is 33.7 Å². The van der Waals surface area contributed by atoms with Gasteiger partial charge in [0.05, 0.1) is 14.2 Å². The summed E-state index contributed by atoms with van der Waals surface area (Å²) in [6.45, 7) is 6.56. The molecule has 0 aromatic heterocycles. The van der Waals surface area contributed by atoms with Crippen LogP contribution in [0.5, 0.6) is 5.75 Å². The standard InChI is InChI=1S/C19H23FN2O3.C2H6/c1-4-22(19(23)25-3)14-6-5-7-15(17(20)11-14)16-9-8-13(12-21)10-18(16)24-2;1-2/h5-6,8-11H,4,7,12,21H2,1-3H3;1-2H3. The lowest BCUT2D eigenvalue weighted by Gasteiger charge is -2.19. The molecular formula is C21H29FN2O3. The molecule has 6 heteroatoms. The van der Waals surface area contributed by atoms with Gasteiger partial charge in [-0.05, 0) is 37.1 Å². The molecule has 0 saturated heterocycles. The maximum Gasteiger partial charge on any atom is 0.413 e. The molecule has 0 spiro atoms. The van der Waals surface area contributed by atoms with Gasteiger partial charge in [-0.1, -0.05) is 32.1 Å². The van der Waals surface area contributed by atoms with Crippen LogP contribution in [0.3, 0.4) is 0 Å². The van der Waals surface area contributed by atoms with Gasteiger partial charge >= 0.3 is 6.09 Å². The van der Waals surface area contributed by atoms with E-state index in [1.807, 2.05) is 32.1 Å². The molecule has 0 unspecified atom stereocenters. The third kappa shape index (κ3) is 5.44. The topological polar surface area (TPSA) is 64.8 Å². The highest BCUT2D eigenvalue weighted by atomic mass is 19.1. The predicted octanol–water partition coefficient (Wildman–Crippen LogP) is 4.79. The van der Waals surface area contributed by atoms with Crippen LogP contribution in [0.1, 0.15) is 38.3 Å². The summed E-state index contributed by atoms with van der Waals surface area (Å²) in [4.78, 5) is 13.2. The Labute approximate surface area is 160 Å². The first kappa shape index (κ1) is 22.4. The van der Waals surface area contributed by atoms with Gasteiger partial charge in [-0.25, -0.2) is 9.18 Å². The van der Waals surface area contributed by atoms with Crippen molar-refractivity contribution in [1.82, 2.24) is 4.90 Å². The van der Waals surface area contributed by atoms with Gasteiger partial charge in [0, 0.05) is 29.9 Å². The minimum Gasteiger partial charge on any atom is -0.496 e. The highest BCUT2D eigenvalue weighted by Gasteiger charge is 2.20. The molecule has 0 radical (unpaired) electrons. The second-order valence-electron chi connectivity index (χ2n) is 5.46. The molecule has 0 bridgehead atoms. The van der Waals surface area contributed by atoms with Crippen LogP contribution in [0.4, 0.5) is 9.18 Å². The van der Waals surface area contributed by atoms with Crippen LogP contribution >= 0.6 is 0 Å². The summed E-state index contributed by atoms with van der Waals surface area (Å²) in [7, 11) is 2.84. The Morgan fingerprint density at radius 1 is 1.30 bits per heavy atom. The van der Waals surface area contributed by atoms with Gasteiger partial charge in [0.25, 0.3) is 0 Å². The molecule has 2 N–H and O–H groups in total. The molecule has 5 nitrogen and oxygen atoms in total. The molecule has 1 amide bonds. The predicted molar refractivity (Wildman–Crippen MR) is 107 cm³/mol. The zero-order chi connectivity index (χ0) is 20.4. The molecule has 0 aliphatic heterocycles. The second kappa shape index (κ2) is 11.2. The van der Waals surface area contributed by atoms with Crippen LogP contribution in [-0.4, -0.2) is 31.8 Å². The van der Waals surface area contributed by atoms with Gasteiger partial charge in [-0.15, -0.1) is 0 Å². The lowest BCUT2D eigenvalue weighted by atomic mass is 9.99. The van der Waals surface area contributed by atoms with Crippen LogP contribution in [0.15, 0.2) is 48.0 Å². The van der Waals surface area contributed by atoms with E-state index in [0.717, 1.165) is 5.56 Å². The van der Waals surface area contributed by atoms with Gasteiger partial charge in [-0.2, -0.15) is 0 Å². The number of nitrogens with two attached hydrogens (primary N) is 1. The number of likely N-dealkylation sites (N-methyl/N-ethyl adjacent to an activating group) is 1. The maximum absolute atomic E-state index is 14.9. The number of hydrogen-bond acceptors (Lipinski definition) is 4. The first-order valence-corrected chi connectivity index (χ1v) is 9.05. The Bertz CT molecular complexity index is 739. The summed E-state index contributed by atoms with van der Waals surface area (Å²) in [5, 5.41) is 0. The molecule has 2 rings (SSSR count). The van der Waals surface area contributed by atoms with Crippen molar-refractivity contribution < 1.29 is 18.7 Å². The fourth-order valence-electron chi connectivity index (χ4n) is 2.71. The highest BCUT2D eigenvalue weighted by molar-refractivity contribution is 5.77. The van der Waals surface area contributed by atoms with Gasteiger partial charge < -0.3 is 15.2 Å². The average Bonchev–Trinajstić information content (AvgIpc) is 2.90. The number of carbonyl (C=O) groups excluding carboxylic acids is 1. The number of nitrogens with zero attached hydrogens (tertiary/aromatic N) is 1. The van der Waals surface area contributed by atoms with E-state index in [1.54, 1.807) is 26.2 Å². The smallest absolute Gasteiger partial charge is 0.413 e. The molecular weight excluding hydrogens is 347 g/mol. The minimum atomic E-state index is -0.528. The number of allylic oxidation sites excluding steroid dienone is 5. The van der Waals surface area contributed by atoms with Crippen molar-refractivity contribution in [2.75, 3.05) is 20.8 Å². The van der Waals surface area contributed by atoms with E-state index in [9.17, 15) is 9.18 Å². The van der Waals surface area contributed by atoms with E-state index in [4.69, 9.17) is 15.2 Å². The molecule has 27 heavy (non-hydrogen) atoms. The van der Waals surface area contributed by atoms with Crippen molar-refractivity contribution in [1.29, 1.82) is 0 Å². The Balaban J connectivity index is 0.00000176. The summed E-state index contributed by atoms with van der Waals surface area (Å²) >= 11 is 0. The van der Waals surface area contributed by atoms with Gasteiger partial charge in [0.1, 0.15) is 11.6 Å². The quantitative estimate of drug-likeness (QED) is 0.802. The van der Waals surface area contributed by atoms with Crippen molar-refractivity contribution in [3.05, 3.63) is 59.1 Å². The number of halogens is 1. The van der Waals surface area contributed by atoms with E-state index in [2.05, 4.69) is 0 Å². The third-order valence-electron chi connectivity index (χ3n) is 4.02. The van der Waals surface area contributed by atoms with Gasteiger partial charge in [0.15, 0.2) is 0 Å². The number of rotatable bonds is 5. The van der Waals surface area contributed by atoms with Crippen LogP contribution in [0.2, 0.25) is 0 Å². The molecule has 0 saturated carbocycles. The number of amides is 1. The summed E-state index contributed by atoms with van der Waals surface area (Å²) in [6.07, 6.45) is 4.72. The molecule has 1 aromatic carbocycles. The maximum atomic E-state index is 14.9. The van der Waals surface area contributed by atoms with Crippen molar-refractivity contribution in [3.63, 3.8) is 0 Å². The van der Waals surface area contributed by atoms with Gasteiger partial charge in [0.2, 0.25) is 0 Å². The monoisotopic (exact) mass is 376 g/mol. The van der Waals surface area contributed by atoms with Crippen LogP contribution in [0, 0.1) is 0 Å². The number of benzene rings is 1. The van der Waals surface area contributed by atoms with Gasteiger partial charge in [-0.3, -0.25) is 4.90 Å². The highest BCUT2D eigenvalue weighted by Crippen LogP contribution is 2.35. The summed E-state index contributed by atoms with van der Waals surface area (Å²) in [5.41, 5.74) is 8.16. The normalized spacial score (nSPS) is 13.2. The Morgan fingerprint density at radius 2 is 2.00 bits per heavy atom. The first-order valence-electron chi connectivity index (χ1n) is 9.05. The fraction of sp³-hybridized carbons (Fsp3) is 0.381. The molecule has 0 atom stereocenters. The SMILES string of the molecule is CC.CCN(C(=O)OC)C1=CC(F)=C(c2ccc(CN)cc2OC)CC=C1. The molecule has 0 fully saturated rings. The van der Waals surface area contributed by atoms with E-state index in [-0.39, 0.29) is 0 Å². The largest absolute Gasteiger partial charge is 0.496 e. The van der Waals surface area contributed by atoms with E-state index < -0.39 is 11.9 Å². The zero-order valence-corrected chi connectivity index (χ0v) is 16.7. The average molecular weight is 376 g/mol. The summed E-state index contributed by atoms with van der Waals surface area (Å²) in [6, 6.07) is 5.46. The van der Waals surface area contributed by atoms with Crippen molar-refractivity contribution in [3.8, 4) is 5.75 Å². The van der Waals surface area contributed by atoms with Crippen LogP contribution in [-0.2, 0) is 11.3 Å². The Hall–Kier alpha value is -2.60. The number of carbonyl (C=O) groups is 1. The second-order valence-corrected chi connectivity index (χ2v) is 5.46. The fourth-order valence-corrected chi connectivity index (χ4v) is 2.71.